The Kier molecular flexibility index (Phi) is 4.14. The van der Waals surface area contributed by atoms with Crippen LogP contribution in [-0.2, 0) is 13.0 Å². The number of nitrogens with zero attached hydrogens (tertiary/aromatic N) is 2. The molecule has 2 aromatic heterocycles. The molecule has 7 heteroatoms. The van der Waals surface area contributed by atoms with Gasteiger partial charge >= 0.3 is 0 Å². The summed E-state index contributed by atoms with van der Waals surface area (Å²) in [6, 6.07) is 5.92. The third-order valence-corrected chi connectivity index (χ3v) is 4.99. The topological polar surface area (TPSA) is 84.2 Å². The van der Waals surface area contributed by atoms with Crippen LogP contribution in [0.25, 0.3) is 10.9 Å². The molecule has 0 saturated carbocycles. The summed E-state index contributed by atoms with van der Waals surface area (Å²) in [6.45, 7) is 2.04. The maximum atomic E-state index is 14.0. The number of carbonyl (C=O) groups is 1. The minimum Gasteiger partial charge on any atom is -0.506 e. The molecule has 0 spiro atoms. The number of aryl methyl sites for hydroxylation is 1. The molecule has 1 aliphatic heterocycles. The zero-order valence-corrected chi connectivity index (χ0v) is 14.7. The standard InChI is InChI=1S/C20H18FN3O3/c1-11-4-5-13-7-14(21)8-15-17(13)24(11)20(27)16(18(15)25)19(26)23-10-12-3-2-6-22-9-12/h2-3,6-9,11,25H,4-5,10H2,1H3,(H,23,26). The van der Waals surface area contributed by atoms with E-state index in [0.29, 0.717) is 23.9 Å². The number of aromatic hydroxyl groups is 1. The third kappa shape index (κ3) is 2.85. The Morgan fingerprint density at radius 2 is 2.26 bits per heavy atom. The van der Waals surface area contributed by atoms with Crippen molar-refractivity contribution in [2.75, 3.05) is 0 Å². The molecule has 138 valence electrons. The molecule has 3 heterocycles. The molecule has 0 radical (unpaired) electrons. The summed E-state index contributed by atoms with van der Waals surface area (Å²) < 4.78 is 15.5. The zero-order valence-electron chi connectivity index (χ0n) is 14.7. The van der Waals surface area contributed by atoms with Gasteiger partial charge < -0.3 is 15.0 Å². The van der Waals surface area contributed by atoms with Gasteiger partial charge in [-0.15, -0.1) is 0 Å². The van der Waals surface area contributed by atoms with E-state index in [4.69, 9.17) is 0 Å². The Morgan fingerprint density at radius 3 is 3.00 bits per heavy atom. The van der Waals surface area contributed by atoms with Crippen molar-refractivity contribution in [3.8, 4) is 5.75 Å². The summed E-state index contributed by atoms with van der Waals surface area (Å²) in [7, 11) is 0. The highest BCUT2D eigenvalue weighted by molar-refractivity contribution is 6.03. The molecule has 0 saturated heterocycles. The molecule has 27 heavy (non-hydrogen) atoms. The highest BCUT2D eigenvalue weighted by atomic mass is 19.1. The minimum absolute atomic E-state index is 0.150. The molecule has 0 fully saturated rings. The second kappa shape index (κ2) is 6.50. The van der Waals surface area contributed by atoms with Crippen molar-refractivity contribution in [2.45, 2.75) is 32.4 Å². The van der Waals surface area contributed by atoms with Gasteiger partial charge in [-0.3, -0.25) is 14.6 Å². The number of aromatic nitrogens is 2. The van der Waals surface area contributed by atoms with Crippen LogP contribution >= 0.6 is 0 Å². The Morgan fingerprint density at radius 1 is 1.44 bits per heavy atom. The van der Waals surface area contributed by atoms with Crippen LogP contribution in [0.1, 0.15) is 40.9 Å². The second-order valence-corrected chi connectivity index (χ2v) is 6.79. The number of hydrogen-bond acceptors (Lipinski definition) is 4. The minimum atomic E-state index is -0.699. The highest BCUT2D eigenvalue weighted by Crippen LogP contribution is 2.35. The summed E-state index contributed by atoms with van der Waals surface area (Å²) in [6.07, 6.45) is 4.49. The van der Waals surface area contributed by atoms with Crippen molar-refractivity contribution in [3.63, 3.8) is 0 Å². The number of carbonyl (C=O) groups excluding carboxylic acids is 1. The normalized spacial score (nSPS) is 15.7. The summed E-state index contributed by atoms with van der Waals surface area (Å²) in [5, 5.41) is 13.4. The molecule has 1 amide bonds. The van der Waals surface area contributed by atoms with Crippen molar-refractivity contribution in [1.29, 1.82) is 0 Å². The maximum Gasteiger partial charge on any atom is 0.267 e. The van der Waals surface area contributed by atoms with E-state index >= 15 is 0 Å². The average molecular weight is 367 g/mol. The van der Waals surface area contributed by atoms with E-state index < -0.39 is 23.0 Å². The van der Waals surface area contributed by atoms with E-state index in [1.807, 2.05) is 6.92 Å². The smallest absolute Gasteiger partial charge is 0.267 e. The molecule has 1 atom stereocenters. The van der Waals surface area contributed by atoms with Crippen LogP contribution in [0, 0.1) is 5.82 Å². The van der Waals surface area contributed by atoms with Crippen LogP contribution < -0.4 is 10.9 Å². The molecule has 1 aromatic carbocycles. The van der Waals surface area contributed by atoms with Crippen LogP contribution in [0.3, 0.4) is 0 Å². The largest absolute Gasteiger partial charge is 0.506 e. The quantitative estimate of drug-likeness (QED) is 0.745. The molecule has 0 aliphatic carbocycles. The van der Waals surface area contributed by atoms with E-state index in [9.17, 15) is 19.1 Å². The van der Waals surface area contributed by atoms with Gasteiger partial charge in [0.25, 0.3) is 11.5 Å². The molecule has 4 rings (SSSR count). The second-order valence-electron chi connectivity index (χ2n) is 6.79. The molecular weight excluding hydrogens is 349 g/mol. The third-order valence-electron chi connectivity index (χ3n) is 4.99. The number of amides is 1. The Hall–Kier alpha value is -3.22. The Balaban J connectivity index is 1.84. The van der Waals surface area contributed by atoms with Crippen LogP contribution in [0.2, 0.25) is 0 Å². The van der Waals surface area contributed by atoms with Crippen molar-refractivity contribution in [3.05, 3.63) is 69.5 Å². The van der Waals surface area contributed by atoms with Gasteiger partial charge in [-0.05, 0) is 49.1 Å². The number of benzene rings is 1. The van der Waals surface area contributed by atoms with E-state index in [1.165, 1.54) is 16.7 Å². The fraction of sp³-hybridized carbons (Fsp3) is 0.250. The molecule has 1 aliphatic rings. The number of rotatable bonds is 3. The van der Waals surface area contributed by atoms with E-state index in [-0.39, 0.29) is 23.5 Å². The molecule has 6 nitrogen and oxygen atoms in total. The zero-order chi connectivity index (χ0) is 19.1. The molecular formula is C20H18FN3O3. The predicted octanol–water partition coefficient (Wildman–Crippen LogP) is 2.68. The first-order valence-corrected chi connectivity index (χ1v) is 8.74. The number of pyridine rings is 2. The van der Waals surface area contributed by atoms with Crippen molar-refractivity contribution in [2.24, 2.45) is 0 Å². The van der Waals surface area contributed by atoms with Gasteiger partial charge in [-0.25, -0.2) is 4.39 Å². The van der Waals surface area contributed by atoms with Crippen molar-refractivity contribution < 1.29 is 14.3 Å². The van der Waals surface area contributed by atoms with E-state index in [0.717, 1.165) is 5.56 Å². The van der Waals surface area contributed by atoms with Crippen LogP contribution in [0.4, 0.5) is 4.39 Å². The first kappa shape index (κ1) is 17.2. The fourth-order valence-electron chi connectivity index (χ4n) is 3.66. The van der Waals surface area contributed by atoms with Gasteiger partial charge in [0, 0.05) is 30.4 Å². The van der Waals surface area contributed by atoms with Crippen LogP contribution in [0.15, 0.2) is 41.5 Å². The highest BCUT2D eigenvalue weighted by Gasteiger charge is 2.28. The fourth-order valence-corrected chi connectivity index (χ4v) is 3.66. The monoisotopic (exact) mass is 367 g/mol. The lowest BCUT2D eigenvalue weighted by atomic mass is 9.95. The number of nitrogens with one attached hydrogen (secondary N) is 1. The van der Waals surface area contributed by atoms with Crippen LogP contribution in [0.5, 0.6) is 5.75 Å². The Labute approximate surface area is 154 Å². The van der Waals surface area contributed by atoms with Gasteiger partial charge in [0.1, 0.15) is 17.1 Å². The van der Waals surface area contributed by atoms with Gasteiger partial charge in [-0.2, -0.15) is 0 Å². The molecule has 1 unspecified atom stereocenters. The lowest BCUT2D eigenvalue weighted by molar-refractivity contribution is 0.0946. The summed E-state index contributed by atoms with van der Waals surface area (Å²) in [5.74, 6) is -1.69. The lowest BCUT2D eigenvalue weighted by Gasteiger charge is -2.26. The predicted molar refractivity (Wildman–Crippen MR) is 98.3 cm³/mol. The number of hydrogen-bond donors (Lipinski definition) is 2. The van der Waals surface area contributed by atoms with E-state index in [2.05, 4.69) is 10.3 Å². The molecule has 3 aromatic rings. The summed E-state index contributed by atoms with van der Waals surface area (Å²) in [5.41, 5.74) is 0.994. The van der Waals surface area contributed by atoms with Crippen molar-refractivity contribution in [1.82, 2.24) is 14.9 Å². The summed E-state index contributed by atoms with van der Waals surface area (Å²) >= 11 is 0. The average Bonchev–Trinajstić information content (AvgIpc) is 2.66. The first-order valence-electron chi connectivity index (χ1n) is 8.74. The molecule has 0 bridgehead atoms. The van der Waals surface area contributed by atoms with Gasteiger partial charge in [-0.1, -0.05) is 6.07 Å². The van der Waals surface area contributed by atoms with Crippen molar-refractivity contribution >= 4 is 16.8 Å². The van der Waals surface area contributed by atoms with Crippen LogP contribution in [-0.4, -0.2) is 20.6 Å². The molecule has 2 N–H and O–H groups in total. The SMILES string of the molecule is CC1CCc2cc(F)cc3c(O)c(C(=O)NCc4cccnc4)c(=O)n1c23. The summed E-state index contributed by atoms with van der Waals surface area (Å²) in [4.78, 5) is 29.6. The lowest BCUT2D eigenvalue weighted by Crippen LogP contribution is -2.36. The maximum absolute atomic E-state index is 14.0. The van der Waals surface area contributed by atoms with E-state index in [1.54, 1.807) is 24.5 Å². The number of halogens is 1. The Bertz CT molecular complexity index is 1110. The van der Waals surface area contributed by atoms with Gasteiger partial charge in [0.2, 0.25) is 0 Å². The van der Waals surface area contributed by atoms with Gasteiger partial charge in [0.15, 0.2) is 0 Å². The first-order chi connectivity index (χ1) is 13.0. The van der Waals surface area contributed by atoms with Gasteiger partial charge in [0.05, 0.1) is 5.52 Å².